The Kier molecular flexibility index (Phi) is 17.8. The lowest BCUT2D eigenvalue weighted by molar-refractivity contribution is -0.138. The smallest absolute Gasteiger partial charge is 0.416 e. The van der Waals surface area contributed by atoms with Gasteiger partial charge in [0.25, 0.3) is 5.91 Å². The van der Waals surface area contributed by atoms with Gasteiger partial charge in [-0.1, -0.05) is 15.9 Å². The molecule has 0 saturated carbocycles. The summed E-state index contributed by atoms with van der Waals surface area (Å²) in [5.74, 6) is 2.48. The van der Waals surface area contributed by atoms with Gasteiger partial charge in [-0.05, 0) is 89.5 Å². The lowest BCUT2D eigenvalue weighted by atomic mass is 9.93. The van der Waals surface area contributed by atoms with Gasteiger partial charge in [0.05, 0.1) is 87.2 Å². The van der Waals surface area contributed by atoms with E-state index in [0.29, 0.717) is 56.3 Å². The van der Waals surface area contributed by atoms with Crippen LogP contribution < -0.4 is 11.3 Å². The molecule has 26 heteroatoms. The van der Waals surface area contributed by atoms with Gasteiger partial charge in [0.1, 0.15) is 0 Å². The molecule has 3 aliphatic rings. The highest BCUT2D eigenvalue weighted by atomic mass is 79.9. The highest BCUT2D eigenvalue weighted by Gasteiger charge is 2.36. The van der Waals surface area contributed by atoms with Crippen molar-refractivity contribution in [2.45, 2.75) is 42.5 Å². The average molecular weight is 1070 g/mol. The summed E-state index contributed by atoms with van der Waals surface area (Å²) in [4.78, 5) is 33.7. The zero-order valence-corrected chi connectivity index (χ0v) is 37.6. The van der Waals surface area contributed by atoms with Gasteiger partial charge in [0, 0.05) is 33.4 Å². The Hall–Kier alpha value is -6.09. The van der Waals surface area contributed by atoms with E-state index in [1.807, 2.05) is 5.43 Å². The summed E-state index contributed by atoms with van der Waals surface area (Å²) in [6.07, 6.45) is -16.8. The third-order valence-electron chi connectivity index (χ3n) is 10.2. The number of hydrogen-bond acceptors (Lipinski definition) is 12. The third kappa shape index (κ3) is 14.7. The number of ether oxygens (including phenoxy) is 5. The number of esters is 2. The molecule has 3 N–H and O–H groups in total. The number of amides is 1. The Morgan fingerprint density at radius 1 is 0.557 bits per heavy atom. The summed E-state index contributed by atoms with van der Waals surface area (Å²) in [5.41, 5.74) is -0.0667. The minimum atomic E-state index is -4.50. The number of hydrogen-bond donors (Lipinski definition) is 2. The molecule has 4 aromatic carbocycles. The van der Waals surface area contributed by atoms with E-state index in [0.717, 1.165) is 69.1 Å². The number of benzene rings is 4. The van der Waals surface area contributed by atoms with Gasteiger partial charge in [0.15, 0.2) is 0 Å². The minimum absolute atomic E-state index is 0.0102. The fourth-order valence-corrected chi connectivity index (χ4v) is 6.79. The molecule has 13 nitrogen and oxygen atoms in total. The van der Waals surface area contributed by atoms with Crippen LogP contribution in [0.3, 0.4) is 0 Å². The molecule has 3 fully saturated rings. The molecule has 3 saturated heterocycles. The first-order valence-electron chi connectivity index (χ1n) is 19.9. The Balaban J connectivity index is 0.000000175. The van der Waals surface area contributed by atoms with Crippen LogP contribution in [0, 0.1) is 0 Å². The third-order valence-corrected chi connectivity index (χ3v) is 10.7. The quantitative estimate of drug-likeness (QED) is 0.0520. The monoisotopic (exact) mass is 1070 g/mol. The van der Waals surface area contributed by atoms with Crippen LogP contribution in [0.5, 0.6) is 0 Å². The Morgan fingerprint density at radius 2 is 0.929 bits per heavy atom. The van der Waals surface area contributed by atoms with Crippen LogP contribution in [-0.2, 0) is 48.4 Å². The van der Waals surface area contributed by atoms with Gasteiger partial charge in [-0.25, -0.2) is 15.4 Å². The van der Waals surface area contributed by atoms with Crippen molar-refractivity contribution in [2.75, 3.05) is 53.9 Å². The molecule has 8 rings (SSSR count). The summed E-state index contributed by atoms with van der Waals surface area (Å²) in [7, 11) is 2.24. The van der Waals surface area contributed by atoms with Crippen LogP contribution in [-0.4, -0.2) is 81.9 Å². The predicted molar refractivity (Wildman–Crippen MR) is 222 cm³/mol. The highest BCUT2D eigenvalue weighted by Crippen LogP contribution is 2.38. The van der Waals surface area contributed by atoms with Crippen LogP contribution in [0.2, 0.25) is 0 Å². The first kappa shape index (κ1) is 54.8. The molecule has 70 heavy (non-hydrogen) atoms. The van der Waals surface area contributed by atoms with E-state index in [1.165, 1.54) is 18.2 Å². The SMILES string of the molecule is COC(=O)c1cc(Br)cc(C(F)(F)F)c1.COC(=O)c1cc(C2COC2)cc(C(F)(F)F)c1.FC(F)(F)c1cc(-c2nnco2)cc(C2COC2)c1.NNC(=O)c1cc(C2COC2)cc(C(F)(F)F)c1. The van der Waals surface area contributed by atoms with Crippen molar-refractivity contribution in [2.24, 2.45) is 5.84 Å². The Morgan fingerprint density at radius 3 is 1.29 bits per heavy atom. The minimum Gasteiger partial charge on any atom is -0.465 e. The number of carbonyl (C=O) groups excluding carboxylic acids is 3. The summed E-state index contributed by atoms with van der Waals surface area (Å²) < 4.78 is 181. The van der Waals surface area contributed by atoms with Crippen molar-refractivity contribution >= 4 is 33.8 Å². The molecule has 1 amide bonds. The second-order valence-corrected chi connectivity index (χ2v) is 16.1. The van der Waals surface area contributed by atoms with Gasteiger partial charge in [-0.3, -0.25) is 10.2 Å². The number of nitrogens with two attached hydrogens (primary N) is 1. The van der Waals surface area contributed by atoms with Crippen molar-refractivity contribution in [1.82, 2.24) is 15.6 Å². The van der Waals surface area contributed by atoms with Gasteiger partial charge < -0.3 is 28.1 Å². The zero-order chi connectivity index (χ0) is 51.8. The fourth-order valence-electron chi connectivity index (χ4n) is 6.30. The van der Waals surface area contributed by atoms with Gasteiger partial charge in [0.2, 0.25) is 12.3 Å². The molecule has 0 bridgehead atoms. The molecule has 0 aliphatic carbocycles. The molecular formula is C44H37BrF12N4O9. The number of halogens is 13. The predicted octanol–water partition coefficient (Wildman–Crippen LogP) is 10.2. The van der Waals surface area contributed by atoms with E-state index in [2.05, 4.69) is 35.6 Å². The summed E-state index contributed by atoms with van der Waals surface area (Å²) >= 11 is 2.90. The van der Waals surface area contributed by atoms with E-state index < -0.39 is 64.8 Å². The second-order valence-electron chi connectivity index (χ2n) is 15.2. The van der Waals surface area contributed by atoms with Crippen LogP contribution in [0.15, 0.2) is 88.1 Å². The maximum atomic E-state index is 12.9. The lowest BCUT2D eigenvalue weighted by Crippen LogP contribution is -2.31. The van der Waals surface area contributed by atoms with Gasteiger partial charge in [-0.15, -0.1) is 10.2 Å². The number of methoxy groups -OCH3 is 2. The molecule has 3 aliphatic heterocycles. The van der Waals surface area contributed by atoms with E-state index in [4.69, 9.17) is 24.5 Å². The van der Waals surface area contributed by atoms with Crippen LogP contribution in [0.1, 0.15) is 87.8 Å². The van der Waals surface area contributed by atoms with E-state index in [1.54, 1.807) is 6.07 Å². The van der Waals surface area contributed by atoms with Crippen molar-refractivity contribution in [1.29, 1.82) is 0 Å². The molecule has 0 spiro atoms. The molecular weight excluding hydrogens is 1040 g/mol. The number of nitrogen functional groups attached to an aromatic ring is 1. The van der Waals surface area contributed by atoms with Crippen molar-refractivity contribution < 1.29 is 95.2 Å². The van der Waals surface area contributed by atoms with E-state index >= 15 is 0 Å². The van der Waals surface area contributed by atoms with Crippen molar-refractivity contribution in [3.05, 3.63) is 139 Å². The number of aromatic nitrogens is 2. The van der Waals surface area contributed by atoms with Crippen LogP contribution in [0.4, 0.5) is 52.7 Å². The topological polar surface area (TPSA) is 174 Å². The second kappa shape index (κ2) is 22.8. The molecule has 378 valence electrons. The number of rotatable bonds is 7. The normalized spacial score (nSPS) is 15.2. The number of nitrogens with one attached hydrogen (secondary N) is 1. The van der Waals surface area contributed by atoms with Gasteiger partial charge >= 0.3 is 36.6 Å². The summed E-state index contributed by atoms with van der Waals surface area (Å²) in [5, 5.41) is 7.12. The summed E-state index contributed by atoms with van der Waals surface area (Å²) in [6.45, 7) is 2.36. The summed E-state index contributed by atoms with van der Waals surface area (Å²) in [6, 6.07) is 13.2. The first-order chi connectivity index (χ1) is 32.7. The van der Waals surface area contributed by atoms with Crippen LogP contribution >= 0.6 is 15.9 Å². The number of nitrogens with zero attached hydrogens (tertiary/aromatic N) is 2. The highest BCUT2D eigenvalue weighted by molar-refractivity contribution is 9.10. The molecule has 0 atom stereocenters. The maximum Gasteiger partial charge on any atom is 0.416 e. The zero-order valence-electron chi connectivity index (χ0n) is 36.0. The molecule has 5 aromatic rings. The maximum absolute atomic E-state index is 12.9. The van der Waals surface area contributed by atoms with Crippen LogP contribution in [0.25, 0.3) is 11.5 Å². The molecule has 0 radical (unpaired) electrons. The molecule has 0 unspecified atom stereocenters. The standard InChI is InChI=1S/C12H9F3N2O2.C12H11F3O3.C11H11F3N2O2.C9H6BrF3O2/c13-12(14,15)10-2-7(9-4-18-5-9)1-8(3-10)11-17-16-6-19-11;1-17-11(16)8-2-7(9-5-18-6-9)3-10(4-8)12(13,14)15;12-11(13,14)9-2-6(8-4-18-5-8)1-7(3-9)10(17)16-15;1-15-8(14)5-2-6(9(11,12)13)4-7(10)3-5/h1-3,6,9H,4-5H2;2-4,9H,5-6H2,1H3;1-3,8H,4-5,15H2,(H,16,17);2-4H,1H3. The molecule has 4 heterocycles. The largest absolute Gasteiger partial charge is 0.465 e. The number of hydrazine groups is 1. The number of carbonyl (C=O) groups is 3. The first-order valence-corrected chi connectivity index (χ1v) is 20.7. The fraction of sp³-hybridized carbons (Fsp3) is 0.341. The number of alkyl halides is 12. The Bertz CT molecular complexity index is 2530. The Labute approximate surface area is 396 Å². The van der Waals surface area contributed by atoms with E-state index in [-0.39, 0.29) is 50.4 Å². The van der Waals surface area contributed by atoms with Crippen molar-refractivity contribution in [3.8, 4) is 11.5 Å². The molecule has 1 aromatic heterocycles. The lowest BCUT2D eigenvalue weighted by Gasteiger charge is -2.27. The average Bonchev–Trinajstić information content (AvgIpc) is 3.78. The van der Waals surface area contributed by atoms with Gasteiger partial charge in [-0.2, -0.15) is 52.7 Å². The van der Waals surface area contributed by atoms with Crippen molar-refractivity contribution in [3.63, 3.8) is 0 Å². The van der Waals surface area contributed by atoms with E-state index in [9.17, 15) is 67.1 Å².